The minimum Gasteiger partial charge on any atom is -0.487 e. The number of aryl methyl sites for hydroxylation is 1. The van der Waals surface area contributed by atoms with Gasteiger partial charge in [-0.1, -0.05) is 43.3 Å². The number of benzene rings is 2. The Kier molecular flexibility index (Phi) is 5.21. The van der Waals surface area contributed by atoms with Gasteiger partial charge in [-0.2, -0.15) is 0 Å². The predicted molar refractivity (Wildman–Crippen MR) is 84.7 cm³/mol. The highest BCUT2D eigenvalue weighted by Gasteiger charge is 2.08. The van der Waals surface area contributed by atoms with Crippen LogP contribution in [-0.4, -0.2) is 13.1 Å². The highest BCUT2D eigenvalue weighted by Crippen LogP contribution is 2.27. The van der Waals surface area contributed by atoms with Crippen LogP contribution in [0.1, 0.15) is 18.1 Å². The Morgan fingerprint density at radius 3 is 2.52 bits per heavy atom. The first kappa shape index (κ1) is 14.9. The number of carbonyl (C=O) groups excluding carboxylic acids is 1. The quantitative estimate of drug-likeness (QED) is 0.881. The Bertz CT molecular complexity index is 597. The van der Waals surface area contributed by atoms with E-state index in [1.54, 1.807) is 7.05 Å². The lowest BCUT2D eigenvalue weighted by Crippen LogP contribution is -2.24. The van der Waals surface area contributed by atoms with Crippen molar-refractivity contribution in [3.8, 4) is 5.75 Å². The maximum absolute atomic E-state index is 11.5. The molecule has 2 aromatic carbocycles. The minimum absolute atomic E-state index is 0.257. The van der Waals surface area contributed by atoms with Gasteiger partial charge < -0.3 is 15.4 Å². The predicted octanol–water partition coefficient (Wildman–Crippen LogP) is 3.58. The van der Waals surface area contributed by atoms with Crippen LogP contribution in [0.2, 0.25) is 0 Å². The van der Waals surface area contributed by atoms with E-state index in [-0.39, 0.29) is 6.03 Å². The molecular weight excluding hydrogens is 264 g/mol. The maximum Gasteiger partial charge on any atom is 0.319 e. The lowest BCUT2D eigenvalue weighted by molar-refractivity contribution is 0.253. The van der Waals surface area contributed by atoms with Crippen LogP contribution in [-0.2, 0) is 13.0 Å². The number of carbonyl (C=O) groups is 1. The van der Waals surface area contributed by atoms with E-state index >= 15 is 0 Å². The number of amides is 2. The van der Waals surface area contributed by atoms with Crippen molar-refractivity contribution in [2.24, 2.45) is 0 Å². The van der Waals surface area contributed by atoms with Crippen LogP contribution in [0.5, 0.6) is 5.75 Å². The van der Waals surface area contributed by atoms with E-state index < -0.39 is 0 Å². The molecule has 2 aromatic rings. The molecule has 2 N–H and O–H groups in total. The van der Waals surface area contributed by atoms with Crippen molar-refractivity contribution in [1.82, 2.24) is 5.32 Å². The summed E-state index contributed by atoms with van der Waals surface area (Å²) in [6.07, 6.45) is 0.904. The van der Waals surface area contributed by atoms with Crippen molar-refractivity contribution in [1.29, 1.82) is 0 Å². The number of hydrogen-bond donors (Lipinski definition) is 2. The van der Waals surface area contributed by atoms with Gasteiger partial charge in [0.2, 0.25) is 0 Å². The minimum atomic E-state index is -0.257. The van der Waals surface area contributed by atoms with Crippen molar-refractivity contribution in [2.75, 3.05) is 12.4 Å². The van der Waals surface area contributed by atoms with E-state index in [9.17, 15) is 4.79 Å². The molecular formula is C17H20N2O2. The number of ether oxygens (including phenoxy) is 1. The molecule has 0 saturated carbocycles. The van der Waals surface area contributed by atoms with Crippen LogP contribution < -0.4 is 15.4 Å². The highest BCUT2D eigenvalue weighted by molar-refractivity contribution is 5.90. The van der Waals surface area contributed by atoms with Crippen molar-refractivity contribution in [3.63, 3.8) is 0 Å². The van der Waals surface area contributed by atoms with Crippen molar-refractivity contribution in [2.45, 2.75) is 20.0 Å². The Hall–Kier alpha value is -2.49. The van der Waals surface area contributed by atoms with Gasteiger partial charge in [0.15, 0.2) is 0 Å². The first-order valence-corrected chi connectivity index (χ1v) is 7.01. The van der Waals surface area contributed by atoms with Gasteiger partial charge in [0.25, 0.3) is 0 Å². The lowest BCUT2D eigenvalue weighted by atomic mass is 10.1. The molecule has 0 fully saturated rings. The maximum atomic E-state index is 11.5. The molecule has 0 saturated heterocycles. The molecule has 0 bridgehead atoms. The molecule has 0 atom stereocenters. The number of hydrogen-bond acceptors (Lipinski definition) is 2. The third-order valence-corrected chi connectivity index (χ3v) is 3.16. The fourth-order valence-corrected chi connectivity index (χ4v) is 1.94. The third kappa shape index (κ3) is 4.24. The second-order valence-corrected chi connectivity index (χ2v) is 4.66. The summed E-state index contributed by atoms with van der Waals surface area (Å²) in [5.41, 5.74) is 2.92. The summed E-state index contributed by atoms with van der Waals surface area (Å²) in [6, 6.07) is 15.5. The summed E-state index contributed by atoms with van der Waals surface area (Å²) in [5, 5.41) is 5.34. The monoisotopic (exact) mass is 284 g/mol. The SMILES string of the molecule is CCc1ccc(OCc2ccccc2)c(NC(=O)NC)c1. The molecule has 0 aromatic heterocycles. The van der Waals surface area contributed by atoms with E-state index in [1.807, 2.05) is 48.5 Å². The van der Waals surface area contributed by atoms with Crippen LogP contribution in [0.25, 0.3) is 0 Å². The zero-order valence-corrected chi connectivity index (χ0v) is 12.3. The third-order valence-electron chi connectivity index (χ3n) is 3.16. The zero-order valence-electron chi connectivity index (χ0n) is 12.3. The fraction of sp³-hybridized carbons (Fsp3) is 0.235. The second kappa shape index (κ2) is 7.33. The normalized spacial score (nSPS) is 10.0. The zero-order chi connectivity index (χ0) is 15.1. The van der Waals surface area contributed by atoms with Gasteiger partial charge in [0.1, 0.15) is 12.4 Å². The van der Waals surface area contributed by atoms with Crippen LogP contribution in [0.4, 0.5) is 10.5 Å². The van der Waals surface area contributed by atoms with Gasteiger partial charge in [-0.05, 0) is 29.7 Å². The molecule has 0 heterocycles. The first-order chi connectivity index (χ1) is 10.2. The van der Waals surface area contributed by atoms with Gasteiger partial charge in [-0.15, -0.1) is 0 Å². The molecule has 2 rings (SSSR count). The lowest BCUT2D eigenvalue weighted by Gasteiger charge is -2.14. The number of rotatable bonds is 5. The smallest absolute Gasteiger partial charge is 0.319 e. The Labute approximate surface area is 125 Å². The summed E-state index contributed by atoms with van der Waals surface area (Å²) in [6.45, 7) is 2.54. The van der Waals surface area contributed by atoms with E-state index in [2.05, 4.69) is 17.6 Å². The molecule has 0 aliphatic heterocycles. The van der Waals surface area contributed by atoms with Crippen molar-refractivity contribution in [3.05, 3.63) is 59.7 Å². The van der Waals surface area contributed by atoms with E-state index in [4.69, 9.17) is 4.74 Å². The molecule has 0 aliphatic carbocycles. The van der Waals surface area contributed by atoms with Gasteiger partial charge in [-0.3, -0.25) is 0 Å². The topological polar surface area (TPSA) is 50.4 Å². The van der Waals surface area contributed by atoms with Crippen molar-refractivity contribution < 1.29 is 9.53 Å². The van der Waals surface area contributed by atoms with Crippen LogP contribution >= 0.6 is 0 Å². The standard InChI is InChI=1S/C17H20N2O2/c1-3-13-9-10-16(15(11-13)19-17(20)18-2)21-12-14-7-5-4-6-8-14/h4-11H,3,12H2,1-2H3,(H2,18,19,20). The highest BCUT2D eigenvalue weighted by atomic mass is 16.5. The summed E-state index contributed by atoms with van der Waals surface area (Å²) >= 11 is 0. The summed E-state index contributed by atoms with van der Waals surface area (Å²) in [7, 11) is 1.59. The number of nitrogens with one attached hydrogen (secondary N) is 2. The number of anilines is 1. The fourth-order valence-electron chi connectivity index (χ4n) is 1.94. The Morgan fingerprint density at radius 1 is 1.10 bits per heavy atom. The van der Waals surface area contributed by atoms with Crippen molar-refractivity contribution >= 4 is 11.7 Å². The molecule has 4 nitrogen and oxygen atoms in total. The van der Waals surface area contributed by atoms with Gasteiger partial charge in [0.05, 0.1) is 5.69 Å². The molecule has 0 aliphatic rings. The average molecular weight is 284 g/mol. The molecule has 0 spiro atoms. The molecule has 21 heavy (non-hydrogen) atoms. The molecule has 2 amide bonds. The van der Waals surface area contributed by atoms with E-state index in [0.29, 0.717) is 18.0 Å². The van der Waals surface area contributed by atoms with Crippen LogP contribution in [0.3, 0.4) is 0 Å². The van der Waals surface area contributed by atoms with E-state index in [1.165, 1.54) is 0 Å². The Morgan fingerprint density at radius 2 is 1.86 bits per heavy atom. The Balaban J connectivity index is 2.15. The summed E-state index contributed by atoms with van der Waals surface area (Å²) < 4.78 is 5.83. The summed E-state index contributed by atoms with van der Waals surface area (Å²) in [5.74, 6) is 0.666. The molecule has 0 radical (unpaired) electrons. The van der Waals surface area contributed by atoms with E-state index in [0.717, 1.165) is 17.5 Å². The van der Waals surface area contributed by atoms with Gasteiger partial charge in [-0.25, -0.2) is 4.79 Å². The van der Waals surface area contributed by atoms with Crippen LogP contribution in [0, 0.1) is 0 Å². The summed E-state index contributed by atoms with van der Waals surface area (Å²) in [4.78, 5) is 11.5. The van der Waals surface area contributed by atoms with Crippen LogP contribution in [0.15, 0.2) is 48.5 Å². The van der Waals surface area contributed by atoms with Gasteiger partial charge in [0, 0.05) is 7.05 Å². The average Bonchev–Trinajstić information content (AvgIpc) is 2.54. The molecule has 0 unspecified atom stereocenters. The second-order valence-electron chi connectivity index (χ2n) is 4.66. The largest absolute Gasteiger partial charge is 0.487 e. The molecule has 4 heteroatoms. The molecule has 110 valence electrons. The first-order valence-electron chi connectivity index (χ1n) is 7.01. The van der Waals surface area contributed by atoms with Gasteiger partial charge >= 0.3 is 6.03 Å². The number of urea groups is 1.